The minimum Gasteiger partial charge on any atom is -0.496 e. The third-order valence-electron chi connectivity index (χ3n) is 3.27. The molecular formula is C13H15N3O2. The van der Waals surface area contributed by atoms with Crippen LogP contribution in [-0.2, 0) is 0 Å². The molecule has 5 nitrogen and oxygen atoms in total. The fraction of sp³-hybridized carbons (Fsp3) is 0.385. The van der Waals surface area contributed by atoms with E-state index in [-0.39, 0.29) is 11.6 Å². The predicted octanol–water partition coefficient (Wildman–Crippen LogP) is 1.19. The first-order valence-corrected chi connectivity index (χ1v) is 5.93. The van der Waals surface area contributed by atoms with Crippen molar-refractivity contribution in [3.8, 4) is 5.75 Å². The predicted molar refractivity (Wildman–Crippen MR) is 69.1 cm³/mol. The maximum Gasteiger partial charge on any atom is 0.259 e. The molecule has 2 aromatic rings. The molecule has 1 unspecified atom stereocenters. The number of nitrogens with one attached hydrogen (secondary N) is 2. The lowest BCUT2D eigenvalue weighted by Gasteiger charge is -2.12. The quantitative estimate of drug-likeness (QED) is 0.779. The zero-order chi connectivity index (χ0) is 12.9. The lowest BCUT2D eigenvalue weighted by Crippen LogP contribution is -2.13. The first-order chi connectivity index (χ1) is 8.61. The summed E-state index contributed by atoms with van der Waals surface area (Å²) in [5.74, 6) is 1.39. The van der Waals surface area contributed by atoms with Crippen LogP contribution in [0.1, 0.15) is 23.0 Å². The molecule has 0 saturated carbocycles. The fourth-order valence-corrected chi connectivity index (χ4v) is 2.36. The Labute approximate surface area is 104 Å². The van der Waals surface area contributed by atoms with Crippen molar-refractivity contribution in [1.82, 2.24) is 15.3 Å². The molecule has 1 aromatic heterocycles. The van der Waals surface area contributed by atoms with E-state index in [1.165, 1.54) is 0 Å². The van der Waals surface area contributed by atoms with E-state index in [4.69, 9.17) is 4.74 Å². The summed E-state index contributed by atoms with van der Waals surface area (Å²) in [4.78, 5) is 19.4. The fourth-order valence-electron chi connectivity index (χ4n) is 2.36. The van der Waals surface area contributed by atoms with E-state index < -0.39 is 0 Å². The van der Waals surface area contributed by atoms with Gasteiger partial charge in [0, 0.05) is 18.2 Å². The summed E-state index contributed by atoms with van der Waals surface area (Å²) in [6, 6.07) is 2.15. The van der Waals surface area contributed by atoms with Crippen LogP contribution in [-0.4, -0.2) is 23.6 Å². The second kappa shape index (κ2) is 3.81. The number of methoxy groups -OCH3 is 1. The molecule has 1 atom stereocenters. The molecule has 1 aliphatic heterocycles. The van der Waals surface area contributed by atoms with Gasteiger partial charge >= 0.3 is 0 Å². The minimum atomic E-state index is -0.0943. The van der Waals surface area contributed by atoms with Crippen LogP contribution in [0.3, 0.4) is 0 Å². The Morgan fingerprint density at radius 1 is 1.44 bits per heavy atom. The molecule has 0 aliphatic carbocycles. The topological polar surface area (TPSA) is 76.9 Å². The Morgan fingerprint density at radius 3 is 2.78 bits per heavy atom. The average molecular weight is 245 g/mol. The van der Waals surface area contributed by atoms with Crippen molar-refractivity contribution in [3.05, 3.63) is 33.4 Å². The third kappa shape index (κ3) is 1.59. The molecule has 1 saturated heterocycles. The number of fused-ring (bicyclic) bond motifs is 1. The zero-order valence-electron chi connectivity index (χ0n) is 10.6. The molecule has 2 heterocycles. The number of hydrogen-bond acceptors (Lipinski definition) is 4. The van der Waals surface area contributed by atoms with Crippen LogP contribution < -0.4 is 15.6 Å². The number of aryl methyl sites for hydroxylation is 2. The van der Waals surface area contributed by atoms with Gasteiger partial charge < -0.3 is 15.0 Å². The summed E-state index contributed by atoms with van der Waals surface area (Å²) in [7, 11) is 1.63. The smallest absolute Gasteiger partial charge is 0.259 e. The second-order valence-corrected chi connectivity index (χ2v) is 4.65. The molecule has 0 bridgehead atoms. The van der Waals surface area contributed by atoms with E-state index in [1.807, 2.05) is 13.0 Å². The molecule has 0 radical (unpaired) electrons. The third-order valence-corrected chi connectivity index (χ3v) is 3.27. The van der Waals surface area contributed by atoms with E-state index in [1.54, 1.807) is 14.0 Å². The Hall–Kier alpha value is -1.88. The highest BCUT2D eigenvalue weighted by Crippen LogP contribution is 2.36. The van der Waals surface area contributed by atoms with Gasteiger partial charge in [-0.15, -0.1) is 0 Å². The highest BCUT2D eigenvalue weighted by molar-refractivity contribution is 5.87. The van der Waals surface area contributed by atoms with Gasteiger partial charge in [-0.2, -0.15) is 0 Å². The van der Waals surface area contributed by atoms with Gasteiger partial charge in [-0.05, 0) is 25.5 Å². The van der Waals surface area contributed by atoms with Gasteiger partial charge in [0.1, 0.15) is 11.6 Å². The van der Waals surface area contributed by atoms with Crippen LogP contribution in [0.5, 0.6) is 5.75 Å². The Bertz CT molecular complexity index is 687. The summed E-state index contributed by atoms with van der Waals surface area (Å²) in [6.45, 7) is 4.61. The standard InChI is InChI=1S/C13H15N3O2/c1-6-4-9(18-3)10(8-5-14-8)11-12(6)15-7(2)16-13(11)17/h4,8,14H,5H2,1-3H3,(H,15,16,17). The Morgan fingerprint density at radius 2 is 2.17 bits per heavy atom. The van der Waals surface area contributed by atoms with Crippen molar-refractivity contribution in [2.75, 3.05) is 13.7 Å². The summed E-state index contributed by atoms with van der Waals surface area (Å²) in [5, 5.41) is 3.86. The van der Waals surface area contributed by atoms with Crippen LogP contribution in [0.15, 0.2) is 10.9 Å². The number of nitrogens with zero attached hydrogens (tertiary/aromatic N) is 1. The number of ether oxygens (including phenoxy) is 1. The monoisotopic (exact) mass is 245 g/mol. The van der Waals surface area contributed by atoms with Crippen molar-refractivity contribution < 1.29 is 4.74 Å². The largest absolute Gasteiger partial charge is 0.496 e. The Kier molecular flexibility index (Phi) is 2.38. The summed E-state index contributed by atoms with van der Waals surface area (Å²) >= 11 is 0. The maximum absolute atomic E-state index is 12.2. The second-order valence-electron chi connectivity index (χ2n) is 4.65. The van der Waals surface area contributed by atoms with Gasteiger partial charge in [-0.25, -0.2) is 4.98 Å². The van der Waals surface area contributed by atoms with Gasteiger partial charge in [0.15, 0.2) is 0 Å². The van der Waals surface area contributed by atoms with E-state index in [0.717, 1.165) is 28.9 Å². The number of hydrogen-bond donors (Lipinski definition) is 2. The average Bonchev–Trinajstić information content (AvgIpc) is 3.13. The van der Waals surface area contributed by atoms with Crippen LogP contribution >= 0.6 is 0 Å². The van der Waals surface area contributed by atoms with E-state index in [0.29, 0.717) is 11.2 Å². The molecular weight excluding hydrogens is 230 g/mol. The highest BCUT2D eigenvalue weighted by Gasteiger charge is 2.30. The van der Waals surface area contributed by atoms with Crippen LogP contribution in [0.25, 0.3) is 10.9 Å². The van der Waals surface area contributed by atoms with E-state index in [9.17, 15) is 4.79 Å². The summed E-state index contributed by atoms with van der Waals surface area (Å²) in [5.41, 5.74) is 2.55. The normalized spacial score (nSPS) is 18.1. The first-order valence-electron chi connectivity index (χ1n) is 5.93. The molecule has 18 heavy (non-hydrogen) atoms. The van der Waals surface area contributed by atoms with E-state index >= 15 is 0 Å². The lowest BCUT2D eigenvalue weighted by molar-refractivity contribution is 0.410. The molecule has 0 spiro atoms. The first kappa shape index (κ1) is 11.2. The molecule has 3 rings (SSSR count). The van der Waals surface area contributed by atoms with Crippen molar-refractivity contribution in [2.45, 2.75) is 19.9 Å². The molecule has 1 aromatic carbocycles. The van der Waals surface area contributed by atoms with Crippen molar-refractivity contribution in [2.24, 2.45) is 0 Å². The van der Waals surface area contributed by atoms with E-state index in [2.05, 4.69) is 15.3 Å². The van der Waals surface area contributed by atoms with Gasteiger partial charge in [-0.3, -0.25) is 4.79 Å². The molecule has 5 heteroatoms. The zero-order valence-corrected chi connectivity index (χ0v) is 10.6. The molecule has 1 fully saturated rings. The van der Waals surface area contributed by atoms with Gasteiger partial charge in [-0.1, -0.05) is 0 Å². The van der Waals surface area contributed by atoms with Crippen molar-refractivity contribution >= 4 is 10.9 Å². The Balaban J connectivity index is 2.48. The molecule has 1 aliphatic rings. The van der Waals surface area contributed by atoms with Crippen molar-refractivity contribution in [3.63, 3.8) is 0 Å². The highest BCUT2D eigenvalue weighted by atomic mass is 16.5. The SMILES string of the molecule is COc1cc(C)c2nc(C)[nH]c(=O)c2c1C1CN1. The van der Waals surface area contributed by atoms with Crippen LogP contribution in [0.2, 0.25) is 0 Å². The van der Waals surface area contributed by atoms with Gasteiger partial charge in [0.25, 0.3) is 5.56 Å². The molecule has 94 valence electrons. The number of rotatable bonds is 2. The number of aromatic nitrogens is 2. The lowest BCUT2D eigenvalue weighted by atomic mass is 10.0. The summed E-state index contributed by atoms with van der Waals surface area (Å²) < 4.78 is 5.40. The van der Waals surface area contributed by atoms with Gasteiger partial charge in [0.2, 0.25) is 0 Å². The van der Waals surface area contributed by atoms with Crippen LogP contribution in [0, 0.1) is 13.8 Å². The minimum absolute atomic E-state index is 0.0943. The van der Waals surface area contributed by atoms with Gasteiger partial charge in [0.05, 0.1) is 18.0 Å². The van der Waals surface area contributed by atoms with Crippen LogP contribution in [0.4, 0.5) is 0 Å². The molecule has 0 amide bonds. The molecule has 2 N–H and O–H groups in total. The number of H-pyrrole nitrogens is 1. The van der Waals surface area contributed by atoms with Crippen molar-refractivity contribution in [1.29, 1.82) is 0 Å². The summed E-state index contributed by atoms with van der Waals surface area (Å²) in [6.07, 6.45) is 0. The maximum atomic E-state index is 12.2. The number of benzene rings is 1. The number of aromatic amines is 1.